The Balaban J connectivity index is 2.53. The van der Waals surface area contributed by atoms with E-state index < -0.39 is 71.2 Å². The van der Waals surface area contributed by atoms with Gasteiger partial charge in [-0.2, -0.15) is 8.42 Å². The van der Waals surface area contributed by atoms with Crippen molar-refractivity contribution in [2.24, 2.45) is 0 Å². The van der Waals surface area contributed by atoms with Crippen LogP contribution in [0.2, 0.25) is 0 Å². The Morgan fingerprint density at radius 2 is 1.10 bits per heavy atom. The number of aliphatic hydroxyl groups excluding tert-OH is 3. The molecule has 0 bridgehead atoms. The molecular formula is C45H74O12S. The molecule has 0 aliphatic carbocycles. The zero-order chi connectivity index (χ0) is 42.7. The minimum Gasteiger partial charge on any atom is -0.462 e. The van der Waals surface area contributed by atoms with Crippen molar-refractivity contribution < 1.29 is 56.8 Å². The highest BCUT2D eigenvalue weighted by molar-refractivity contribution is 7.85. The minimum absolute atomic E-state index is 0.128. The molecule has 13 heteroatoms. The van der Waals surface area contributed by atoms with Crippen molar-refractivity contribution in [1.82, 2.24) is 0 Å². The van der Waals surface area contributed by atoms with Gasteiger partial charge in [-0.25, -0.2) is 0 Å². The fraction of sp³-hybridized carbons (Fsp3) is 0.689. The second-order valence-corrected chi connectivity index (χ2v) is 16.1. The predicted octanol–water partition coefficient (Wildman–Crippen LogP) is 8.33. The molecule has 0 amide bonds. The molecule has 332 valence electrons. The summed E-state index contributed by atoms with van der Waals surface area (Å²) in [5.74, 6) is -2.09. The van der Waals surface area contributed by atoms with E-state index in [-0.39, 0.29) is 19.4 Å². The number of rotatable bonds is 34. The van der Waals surface area contributed by atoms with Crippen molar-refractivity contribution in [3.63, 3.8) is 0 Å². The van der Waals surface area contributed by atoms with Crippen LogP contribution in [-0.4, -0.2) is 96.0 Å². The molecule has 0 aromatic heterocycles. The lowest BCUT2D eigenvalue weighted by atomic mass is 10.00. The van der Waals surface area contributed by atoms with E-state index in [4.69, 9.17) is 18.9 Å². The zero-order valence-corrected chi connectivity index (χ0v) is 35.9. The largest absolute Gasteiger partial charge is 0.462 e. The second kappa shape index (κ2) is 34.9. The maximum atomic E-state index is 12.8. The van der Waals surface area contributed by atoms with Gasteiger partial charge in [0.15, 0.2) is 12.4 Å². The van der Waals surface area contributed by atoms with Crippen molar-refractivity contribution in [3.8, 4) is 0 Å². The van der Waals surface area contributed by atoms with Crippen LogP contribution < -0.4 is 0 Å². The van der Waals surface area contributed by atoms with Crippen LogP contribution >= 0.6 is 0 Å². The van der Waals surface area contributed by atoms with Crippen LogP contribution in [0.25, 0.3) is 0 Å². The number of hydrogen-bond acceptors (Lipinski definition) is 11. The topological polar surface area (TPSA) is 186 Å². The molecule has 1 fully saturated rings. The number of carbonyl (C=O) groups excluding carboxylic acids is 2. The van der Waals surface area contributed by atoms with Crippen LogP contribution in [0.4, 0.5) is 0 Å². The molecule has 0 aromatic carbocycles. The van der Waals surface area contributed by atoms with Crippen LogP contribution in [0.1, 0.15) is 142 Å². The van der Waals surface area contributed by atoms with Crippen molar-refractivity contribution in [3.05, 3.63) is 72.9 Å². The Morgan fingerprint density at radius 3 is 1.69 bits per heavy atom. The average molecular weight is 839 g/mol. The van der Waals surface area contributed by atoms with E-state index >= 15 is 0 Å². The Kier molecular flexibility index (Phi) is 32.0. The summed E-state index contributed by atoms with van der Waals surface area (Å²) < 4.78 is 53.9. The second-order valence-electron chi connectivity index (χ2n) is 14.6. The molecule has 1 aliphatic rings. The molecule has 6 atom stereocenters. The molecule has 2 unspecified atom stereocenters. The highest BCUT2D eigenvalue weighted by atomic mass is 32.2. The van der Waals surface area contributed by atoms with Gasteiger partial charge < -0.3 is 34.3 Å². The average Bonchev–Trinajstić information content (AvgIpc) is 3.18. The number of allylic oxidation sites excluding steroid dienone is 12. The van der Waals surface area contributed by atoms with E-state index in [1.165, 1.54) is 38.5 Å². The molecular weight excluding hydrogens is 765 g/mol. The number of aliphatic hydroxyl groups is 3. The van der Waals surface area contributed by atoms with Gasteiger partial charge in [-0.3, -0.25) is 14.1 Å². The third-order valence-electron chi connectivity index (χ3n) is 9.27. The molecule has 12 nitrogen and oxygen atoms in total. The normalized spacial score (nSPS) is 21.1. The number of esters is 2. The third-order valence-corrected chi connectivity index (χ3v) is 10.0. The van der Waals surface area contributed by atoms with Crippen LogP contribution in [0.5, 0.6) is 0 Å². The predicted molar refractivity (Wildman–Crippen MR) is 228 cm³/mol. The van der Waals surface area contributed by atoms with Gasteiger partial charge in [0.2, 0.25) is 0 Å². The van der Waals surface area contributed by atoms with E-state index in [9.17, 15) is 37.9 Å². The molecule has 4 N–H and O–H groups in total. The first-order valence-electron chi connectivity index (χ1n) is 21.5. The summed E-state index contributed by atoms with van der Waals surface area (Å²) in [5, 5.41) is 30.8. The number of hydrogen-bond donors (Lipinski definition) is 4. The Bertz CT molecular complexity index is 1350. The van der Waals surface area contributed by atoms with E-state index in [1.807, 2.05) is 12.2 Å². The summed E-state index contributed by atoms with van der Waals surface area (Å²) in [6.45, 7) is 3.55. The summed E-state index contributed by atoms with van der Waals surface area (Å²) in [6, 6.07) is 0. The van der Waals surface area contributed by atoms with Gasteiger partial charge in [-0.1, -0.05) is 125 Å². The van der Waals surface area contributed by atoms with Crippen molar-refractivity contribution >= 4 is 22.1 Å². The molecule has 0 saturated carbocycles. The monoisotopic (exact) mass is 838 g/mol. The van der Waals surface area contributed by atoms with E-state index in [1.54, 1.807) is 0 Å². The van der Waals surface area contributed by atoms with Crippen LogP contribution in [0.3, 0.4) is 0 Å². The highest BCUT2D eigenvalue weighted by Gasteiger charge is 2.46. The lowest BCUT2D eigenvalue weighted by molar-refractivity contribution is -0.297. The fourth-order valence-corrected chi connectivity index (χ4v) is 6.63. The summed E-state index contributed by atoms with van der Waals surface area (Å²) in [6.07, 6.45) is 33.9. The lowest BCUT2D eigenvalue weighted by Gasteiger charge is -2.40. The third kappa shape index (κ3) is 29.3. The van der Waals surface area contributed by atoms with Crippen LogP contribution in [0.15, 0.2) is 72.9 Å². The Labute approximate surface area is 348 Å². The van der Waals surface area contributed by atoms with Crippen molar-refractivity contribution in [2.45, 2.75) is 179 Å². The maximum Gasteiger partial charge on any atom is 0.306 e. The van der Waals surface area contributed by atoms with E-state index in [0.29, 0.717) is 19.3 Å². The standard InChI is InChI=1S/C45H74O12S/c1-3-5-7-9-11-13-15-17-18-19-20-22-23-25-27-29-31-33-40(46)54-35-38(36-55-45-44(50)43(49)42(48)39(57-45)37-58(51,52)53)56-41(47)34-32-30-28-26-24-21-16-14-12-10-8-6-4-2/h5,7,11,13,17-18,20-22,24-25,27,38-39,42-45,48-50H,3-4,6,8-10,12,14-16,19,23,26,28-37H2,1-2H3,(H,51,52,53)/b7-5+,13-11+,18-17+,22-20+,24-21+,27-25+/t38-,39-,42-,43?,44?,45+/m1/s1. The first-order valence-corrected chi connectivity index (χ1v) is 23.1. The molecule has 1 saturated heterocycles. The van der Waals surface area contributed by atoms with Gasteiger partial charge in [-0.05, 0) is 77.0 Å². The first-order chi connectivity index (χ1) is 28.0. The van der Waals surface area contributed by atoms with E-state index in [2.05, 4.69) is 74.6 Å². The Morgan fingerprint density at radius 1 is 0.603 bits per heavy atom. The molecule has 1 aliphatic heterocycles. The first kappa shape index (κ1) is 53.1. The number of carbonyl (C=O) groups is 2. The number of unbranched alkanes of at least 4 members (excludes halogenated alkanes) is 10. The summed E-state index contributed by atoms with van der Waals surface area (Å²) in [7, 11) is -4.61. The van der Waals surface area contributed by atoms with Gasteiger partial charge in [0.25, 0.3) is 10.1 Å². The van der Waals surface area contributed by atoms with Gasteiger partial charge in [0, 0.05) is 12.8 Å². The van der Waals surface area contributed by atoms with Gasteiger partial charge in [0.1, 0.15) is 36.8 Å². The summed E-state index contributed by atoms with van der Waals surface area (Å²) in [4.78, 5) is 25.3. The van der Waals surface area contributed by atoms with Crippen LogP contribution in [-0.2, 0) is 38.7 Å². The molecule has 0 aromatic rings. The van der Waals surface area contributed by atoms with E-state index in [0.717, 1.165) is 57.8 Å². The SMILES string of the molecule is CC/C=C/C/C=C/C/C=C/C/C=C/C/C=C/CCCC(=O)OC[C@H](CO[C@H]1O[C@H](CS(=O)(=O)O)[C@@H](O)C(O)C1O)OC(=O)CCCCC/C=C/CCCCCCCC. The van der Waals surface area contributed by atoms with Gasteiger partial charge in [-0.15, -0.1) is 0 Å². The van der Waals surface area contributed by atoms with Crippen LogP contribution in [0, 0.1) is 0 Å². The van der Waals surface area contributed by atoms with Gasteiger partial charge in [0.05, 0.1) is 6.61 Å². The number of ether oxygens (including phenoxy) is 4. The van der Waals surface area contributed by atoms with Crippen molar-refractivity contribution in [2.75, 3.05) is 19.0 Å². The quantitative estimate of drug-likeness (QED) is 0.0210. The fourth-order valence-electron chi connectivity index (χ4n) is 5.94. The molecule has 0 spiro atoms. The summed E-state index contributed by atoms with van der Waals surface area (Å²) >= 11 is 0. The zero-order valence-electron chi connectivity index (χ0n) is 35.1. The van der Waals surface area contributed by atoms with Crippen molar-refractivity contribution in [1.29, 1.82) is 0 Å². The molecule has 1 heterocycles. The molecule has 0 radical (unpaired) electrons. The lowest BCUT2D eigenvalue weighted by Crippen LogP contribution is -2.60. The van der Waals surface area contributed by atoms with Gasteiger partial charge >= 0.3 is 11.9 Å². The molecule has 1 rings (SSSR count). The Hall–Kier alpha value is -2.91. The smallest absolute Gasteiger partial charge is 0.306 e. The maximum absolute atomic E-state index is 12.8. The highest BCUT2D eigenvalue weighted by Crippen LogP contribution is 2.24. The minimum atomic E-state index is -4.61. The summed E-state index contributed by atoms with van der Waals surface area (Å²) in [5.41, 5.74) is 0. The molecule has 58 heavy (non-hydrogen) atoms.